The molecule has 7 heteroatoms. The summed E-state index contributed by atoms with van der Waals surface area (Å²) < 4.78 is 37.5. The maximum Gasteiger partial charge on any atom is 0.391 e. The second kappa shape index (κ2) is 5.07. The number of hydrogen-bond donors (Lipinski definition) is 1. The highest BCUT2D eigenvalue weighted by Gasteiger charge is 2.41. The van der Waals surface area contributed by atoms with Gasteiger partial charge in [0.1, 0.15) is 5.75 Å². The standard InChI is InChI=1S/C12H13F3N2O2/c13-12(14,15)9-1-3-17(4-2-9)11(19)8-5-10(18)7-16-6-8/h5-7,9,18H,1-4H2. The van der Waals surface area contributed by atoms with Gasteiger partial charge in [0.05, 0.1) is 17.7 Å². The Morgan fingerprint density at radius 1 is 1.32 bits per heavy atom. The molecule has 0 radical (unpaired) electrons. The minimum atomic E-state index is -4.19. The van der Waals surface area contributed by atoms with Crippen molar-refractivity contribution < 1.29 is 23.1 Å². The Kier molecular flexibility index (Phi) is 3.64. The van der Waals surface area contributed by atoms with Crippen molar-refractivity contribution in [3.8, 4) is 5.75 Å². The smallest absolute Gasteiger partial charge is 0.391 e. The zero-order valence-electron chi connectivity index (χ0n) is 10.0. The third kappa shape index (κ3) is 3.15. The van der Waals surface area contributed by atoms with E-state index in [1.54, 1.807) is 0 Å². The predicted octanol–water partition coefficient (Wildman–Crippen LogP) is 2.20. The number of carbonyl (C=O) groups excluding carboxylic acids is 1. The van der Waals surface area contributed by atoms with E-state index < -0.39 is 18.0 Å². The van der Waals surface area contributed by atoms with Crippen LogP contribution in [0.2, 0.25) is 0 Å². The molecule has 4 nitrogen and oxygen atoms in total. The molecule has 0 spiro atoms. The van der Waals surface area contributed by atoms with Gasteiger partial charge >= 0.3 is 6.18 Å². The van der Waals surface area contributed by atoms with Gasteiger partial charge < -0.3 is 10.0 Å². The number of carbonyl (C=O) groups is 1. The van der Waals surface area contributed by atoms with E-state index in [2.05, 4.69) is 4.98 Å². The zero-order chi connectivity index (χ0) is 14.0. The molecule has 2 rings (SSSR count). The summed E-state index contributed by atoms with van der Waals surface area (Å²) in [5.74, 6) is -1.88. The van der Waals surface area contributed by atoms with Crippen molar-refractivity contribution in [2.75, 3.05) is 13.1 Å². The van der Waals surface area contributed by atoms with E-state index in [0.717, 1.165) is 0 Å². The van der Waals surface area contributed by atoms with Crippen LogP contribution in [0.25, 0.3) is 0 Å². The van der Waals surface area contributed by atoms with E-state index in [-0.39, 0.29) is 37.2 Å². The number of amides is 1. The molecule has 2 heterocycles. The van der Waals surface area contributed by atoms with Crippen LogP contribution in [0.5, 0.6) is 5.75 Å². The molecule has 1 N–H and O–H groups in total. The van der Waals surface area contributed by atoms with Gasteiger partial charge in [-0.15, -0.1) is 0 Å². The van der Waals surface area contributed by atoms with Crippen molar-refractivity contribution in [3.05, 3.63) is 24.0 Å². The number of halogens is 3. The lowest BCUT2D eigenvalue weighted by atomic mass is 9.96. The molecule has 1 fully saturated rings. The van der Waals surface area contributed by atoms with Crippen LogP contribution >= 0.6 is 0 Å². The van der Waals surface area contributed by atoms with Gasteiger partial charge in [0.15, 0.2) is 0 Å². The first-order valence-electron chi connectivity index (χ1n) is 5.88. The molecular weight excluding hydrogens is 261 g/mol. The van der Waals surface area contributed by atoms with Gasteiger partial charge in [-0.1, -0.05) is 0 Å². The zero-order valence-corrected chi connectivity index (χ0v) is 10.0. The Morgan fingerprint density at radius 3 is 2.47 bits per heavy atom. The van der Waals surface area contributed by atoms with Crippen LogP contribution in [-0.4, -0.2) is 40.2 Å². The van der Waals surface area contributed by atoms with E-state index >= 15 is 0 Å². The van der Waals surface area contributed by atoms with Crippen LogP contribution in [0.1, 0.15) is 23.2 Å². The van der Waals surface area contributed by atoms with Gasteiger partial charge in [0.25, 0.3) is 5.91 Å². The van der Waals surface area contributed by atoms with E-state index in [1.807, 2.05) is 0 Å². The van der Waals surface area contributed by atoms with E-state index in [9.17, 15) is 23.1 Å². The van der Waals surface area contributed by atoms with Crippen molar-refractivity contribution in [3.63, 3.8) is 0 Å². The molecule has 1 saturated heterocycles. The molecule has 1 aromatic heterocycles. The fraction of sp³-hybridized carbons (Fsp3) is 0.500. The SMILES string of the molecule is O=C(c1cncc(O)c1)N1CCC(C(F)(F)F)CC1. The second-order valence-corrected chi connectivity index (χ2v) is 4.54. The first kappa shape index (κ1) is 13.6. The molecule has 104 valence electrons. The number of likely N-dealkylation sites (tertiary alicyclic amines) is 1. The summed E-state index contributed by atoms with van der Waals surface area (Å²) in [7, 11) is 0. The van der Waals surface area contributed by atoms with Crippen molar-refractivity contribution in [2.45, 2.75) is 19.0 Å². The highest BCUT2D eigenvalue weighted by molar-refractivity contribution is 5.94. The number of hydrogen-bond acceptors (Lipinski definition) is 3. The van der Waals surface area contributed by atoms with Crippen LogP contribution in [0.15, 0.2) is 18.5 Å². The van der Waals surface area contributed by atoms with Crippen molar-refractivity contribution in [1.82, 2.24) is 9.88 Å². The number of pyridine rings is 1. The van der Waals surface area contributed by atoms with E-state index in [1.165, 1.54) is 23.4 Å². The number of aromatic nitrogens is 1. The second-order valence-electron chi connectivity index (χ2n) is 4.54. The highest BCUT2D eigenvalue weighted by Crippen LogP contribution is 2.34. The molecule has 0 unspecified atom stereocenters. The first-order chi connectivity index (χ1) is 8.88. The Labute approximate surface area is 107 Å². The summed E-state index contributed by atoms with van der Waals surface area (Å²) >= 11 is 0. The normalized spacial score (nSPS) is 17.5. The highest BCUT2D eigenvalue weighted by atomic mass is 19.4. The van der Waals surface area contributed by atoms with Crippen molar-refractivity contribution in [2.24, 2.45) is 5.92 Å². The number of rotatable bonds is 1. The summed E-state index contributed by atoms with van der Waals surface area (Å²) in [5, 5.41) is 9.23. The maximum atomic E-state index is 12.5. The van der Waals surface area contributed by atoms with Gasteiger partial charge in [0, 0.05) is 19.3 Å². The number of alkyl halides is 3. The molecule has 1 aromatic rings. The lowest BCUT2D eigenvalue weighted by Gasteiger charge is -2.32. The molecule has 0 atom stereocenters. The third-order valence-electron chi connectivity index (χ3n) is 3.22. The van der Waals surface area contributed by atoms with Crippen molar-refractivity contribution >= 4 is 5.91 Å². The monoisotopic (exact) mass is 274 g/mol. The summed E-state index contributed by atoms with van der Waals surface area (Å²) in [6.07, 6.45) is -1.88. The fourth-order valence-corrected chi connectivity index (χ4v) is 2.14. The molecule has 19 heavy (non-hydrogen) atoms. The largest absolute Gasteiger partial charge is 0.506 e. The van der Waals surface area contributed by atoms with Crippen LogP contribution in [-0.2, 0) is 0 Å². The average Bonchev–Trinajstić information content (AvgIpc) is 2.37. The number of nitrogens with zero attached hydrogens (tertiary/aromatic N) is 2. The average molecular weight is 274 g/mol. The van der Waals surface area contributed by atoms with Crippen LogP contribution in [0.3, 0.4) is 0 Å². The van der Waals surface area contributed by atoms with Gasteiger partial charge in [0.2, 0.25) is 0 Å². The van der Waals surface area contributed by atoms with Crippen LogP contribution < -0.4 is 0 Å². The summed E-state index contributed by atoms with van der Waals surface area (Å²) in [5.41, 5.74) is 0.186. The van der Waals surface area contributed by atoms with Gasteiger partial charge in [-0.3, -0.25) is 9.78 Å². The number of piperidine rings is 1. The van der Waals surface area contributed by atoms with Gasteiger partial charge in [-0.05, 0) is 18.9 Å². The maximum absolute atomic E-state index is 12.5. The molecule has 0 saturated carbocycles. The number of aromatic hydroxyl groups is 1. The Bertz CT molecular complexity index is 468. The molecule has 1 aliphatic heterocycles. The molecular formula is C12H13F3N2O2. The summed E-state index contributed by atoms with van der Waals surface area (Å²) in [4.78, 5) is 17.0. The van der Waals surface area contributed by atoms with Crippen LogP contribution in [0, 0.1) is 5.92 Å². The lowest BCUT2D eigenvalue weighted by molar-refractivity contribution is -0.183. The van der Waals surface area contributed by atoms with E-state index in [4.69, 9.17) is 0 Å². The Hall–Kier alpha value is -1.79. The van der Waals surface area contributed by atoms with Gasteiger partial charge in [-0.25, -0.2) is 0 Å². The minimum absolute atomic E-state index is 0.0681. The third-order valence-corrected chi connectivity index (χ3v) is 3.22. The predicted molar refractivity (Wildman–Crippen MR) is 60.6 cm³/mol. The van der Waals surface area contributed by atoms with Crippen molar-refractivity contribution in [1.29, 1.82) is 0 Å². The molecule has 0 aromatic carbocycles. The first-order valence-corrected chi connectivity index (χ1v) is 5.88. The van der Waals surface area contributed by atoms with E-state index in [0.29, 0.717) is 0 Å². The molecule has 0 aliphatic carbocycles. The Balaban J connectivity index is 2.00. The summed E-state index contributed by atoms with van der Waals surface area (Å²) in [6.45, 7) is 0.136. The quantitative estimate of drug-likeness (QED) is 0.854. The lowest BCUT2D eigenvalue weighted by Crippen LogP contribution is -2.42. The molecule has 1 amide bonds. The van der Waals surface area contributed by atoms with Gasteiger partial charge in [-0.2, -0.15) is 13.2 Å². The van der Waals surface area contributed by atoms with Crippen LogP contribution in [0.4, 0.5) is 13.2 Å². The molecule has 1 aliphatic rings. The summed E-state index contributed by atoms with van der Waals surface area (Å²) in [6, 6.07) is 1.26. The topological polar surface area (TPSA) is 53.4 Å². The molecule has 0 bridgehead atoms. The fourth-order valence-electron chi connectivity index (χ4n) is 2.14. The Morgan fingerprint density at radius 2 is 1.95 bits per heavy atom. The minimum Gasteiger partial charge on any atom is -0.506 e.